The molecule has 1 aromatic rings. The number of carbonyl (C=O) groups is 1. The van der Waals surface area contributed by atoms with Gasteiger partial charge in [0, 0.05) is 12.4 Å². The van der Waals surface area contributed by atoms with Crippen LogP contribution in [0.25, 0.3) is 0 Å². The predicted octanol–water partition coefficient (Wildman–Crippen LogP) is 1.39. The van der Waals surface area contributed by atoms with Crippen LogP contribution in [0.3, 0.4) is 0 Å². The summed E-state index contributed by atoms with van der Waals surface area (Å²) in [6.45, 7) is 3.95. The SMILES string of the molecule is CCC[C@@H](N)C(=O)NC(C)c1ccncc1. The summed E-state index contributed by atoms with van der Waals surface area (Å²) in [6.07, 6.45) is 5.06. The van der Waals surface area contributed by atoms with E-state index >= 15 is 0 Å². The molecule has 0 spiro atoms. The van der Waals surface area contributed by atoms with Crippen LogP contribution in [0, 0.1) is 0 Å². The van der Waals surface area contributed by atoms with Gasteiger partial charge < -0.3 is 11.1 Å². The molecule has 0 bridgehead atoms. The second kappa shape index (κ2) is 6.23. The topological polar surface area (TPSA) is 68.0 Å². The van der Waals surface area contributed by atoms with Crippen LogP contribution in [-0.2, 0) is 4.79 Å². The van der Waals surface area contributed by atoms with Gasteiger partial charge in [0.15, 0.2) is 0 Å². The van der Waals surface area contributed by atoms with E-state index in [1.165, 1.54) is 0 Å². The Hall–Kier alpha value is -1.42. The van der Waals surface area contributed by atoms with Gasteiger partial charge in [-0.2, -0.15) is 0 Å². The number of nitrogens with zero attached hydrogens (tertiary/aromatic N) is 1. The van der Waals surface area contributed by atoms with E-state index in [0.29, 0.717) is 0 Å². The van der Waals surface area contributed by atoms with E-state index in [1.54, 1.807) is 12.4 Å². The molecule has 0 aliphatic heterocycles. The number of hydrogen-bond acceptors (Lipinski definition) is 3. The number of hydrogen-bond donors (Lipinski definition) is 2. The molecule has 4 nitrogen and oxygen atoms in total. The van der Waals surface area contributed by atoms with Crippen LogP contribution in [0.5, 0.6) is 0 Å². The van der Waals surface area contributed by atoms with Gasteiger partial charge in [0.25, 0.3) is 0 Å². The average molecular weight is 221 g/mol. The molecule has 1 unspecified atom stereocenters. The highest BCUT2D eigenvalue weighted by molar-refractivity contribution is 5.81. The monoisotopic (exact) mass is 221 g/mol. The van der Waals surface area contributed by atoms with Gasteiger partial charge in [-0.3, -0.25) is 9.78 Å². The maximum atomic E-state index is 11.7. The van der Waals surface area contributed by atoms with Crippen LogP contribution in [0.2, 0.25) is 0 Å². The molecule has 0 fully saturated rings. The van der Waals surface area contributed by atoms with Gasteiger partial charge in [-0.25, -0.2) is 0 Å². The number of rotatable bonds is 5. The highest BCUT2D eigenvalue weighted by Crippen LogP contribution is 2.10. The minimum Gasteiger partial charge on any atom is -0.348 e. The van der Waals surface area contributed by atoms with Crippen molar-refractivity contribution in [3.8, 4) is 0 Å². The number of aromatic nitrogens is 1. The van der Waals surface area contributed by atoms with Crippen molar-refractivity contribution < 1.29 is 4.79 Å². The minimum absolute atomic E-state index is 0.0293. The Morgan fingerprint density at radius 3 is 2.69 bits per heavy atom. The summed E-state index contributed by atoms with van der Waals surface area (Å²) in [5, 5.41) is 2.89. The third-order valence-corrected chi connectivity index (χ3v) is 2.50. The first kappa shape index (κ1) is 12.6. The lowest BCUT2D eigenvalue weighted by Gasteiger charge is -2.17. The first-order valence-electron chi connectivity index (χ1n) is 5.61. The zero-order valence-corrected chi connectivity index (χ0v) is 9.81. The first-order chi connectivity index (χ1) is 7.65. The first-order valence-corrected chi connectivity index (χ1v) is 5.61. The number of pyridine rings is 1. The van der Waals surface area contributed by atoms with E-state index in [1.807, 2.05) is 26.0 Å². The Kier molecular flexibility index (Phi) is 4.92. The fraction of sp³-hybridized carbons (Fsp3) is 0.500. The molecule has 0 radical (unpaired) electrons. The standard InChI is InChI=1S/C12H19N3O/c1-3-4-11(13)12(16)15-9(2)10-5-7-14-8-6-10/h5-9,11H,3-4,13H2,1-2H3,(H,15,16)/t9?,11-/m1/s1. The van der Waals surface area contributed by atoms with E-state index in [-0.39, 0.29) is 11.9 Å². The van der Waals surface area contributed by atoms with E-state index in [9.17, 15) is 4.79 Å². The summed E-state index contributed by atoms with van der Waals surface area (Å²) in [5.74, 6) is -0.0915. The second-order valence-electron chi connectivity index (χ2n) is 3.91. The Morgan fingerprint density at radius 1 is 1.50 bits per heavy atom. The predicted molar refractivity (Wildman–Crippen MR) is 63.7 cm³/mol. The van der Waals surface area contributed by atoms with Crippen LogP contribution in [0.15, 0.2) is 24.5 Å². The van der Waals surface area contributed by atoms with Crippen molar-refractivity contribution in [1.29, 1.82) is 0 Å². The summed E-state index contributed by atoms with van der Waals surface area (Å²) in [6, 6.07) is 3.33. The molecular weight excluding hydrogens is 202 g/mol. The van der Waals surface area contributed by atoms with Crippen molar-refractivity contribution >= 4 is 5.91 Å². The molecule has 4 heteroatoms. The van der Waals surface area contributed by atoms with Crippen molar-refractivity contribution in [3.05, 3.63) is 30.1 Å². The Bertz CT molecular complexity index is 326. The van der Waals surface area contributed by atoms with Gasteiger partial charge in [0.1, 0.15) is 0 Å². The quantitative estimate of drug-likeness (QED) is 0.789. The van der Waals surface area contributed by atoms with Gasteiger partial charge in [0.05, 0.1) is 12.1 Å². The molecule has 16 heavy (non-hydrogen) atoms. The van der Waals surface area contributed by atoms with Gasteiger partial charge in [-0.05, 0) is 31.0 Å². The van der Waals surface area contributed by atoms with E-state index in [0.717, 1.165) is 18.4 Å². The normalized spacial score (nSPS) is 14.2. The number of nitrogens with two attached hydrogens (primary N) is 1. The van der Waals surface area contributed by atoms with E-state index in [2.05, 4.69) is 10.3 Å². The lowest BCUT2D eigenvalue weighted by Crippen LogP contribution is -2.41. The molecule has 1 heterocycles. The number of carbonyl (C=O) groups excluding carboxylic acids is 1. The summed E-state index contributed by atoms with van der Waals surface area (Å²) in [7, 11) is 0. The lowest BCUT2D eigenvalue weighted by molar-refractivity contribution is -0.123. The highest BCUT2D eigenvalue weighted by Gasteiger charge is 2.15. The molecule has 1 aromatic heterocycles. The summed E-state index contributed by atoms with van der Waals surface area (Å²) in [4.78, 5) is 15.6. The highest BCUT2D eigenvalue weighted by atomic mass is 16.2. The molecule has 0 saturated carbocycles. The van der Waals surface area contributed by atoms with Crippen molar-refractivity contribution in [2.45, 2.75) is 38.8 Å². The van der Waals surface area contributed by atoms with E-state index in [4.69, 9.17) is 5.73 Å². The van der Waals surface area contributed by atoms with Gasteiger partial charge in [-0.1, -0.05) is 13.3 Å². The van der Waals surface area contributed by atoms with Crippen LogP contribution >= 0.6 is 0 Å². The molecule has 0 aromatic carbocycles. The summed E-state index contributed by atoms with van der Waals surface area (Å²) in [5.41, 5.74) is 6.76. The third kappa shape index (κ3) is 3.62. The Morgan fingerprint density at radius 2 is 2.12 bits per heavy atom. The summed E-state index contributed by atoms with van der Waals surface area (Å²) >= 11 is 0. The minimum atomic E-state index is -0.408. The average Bonchev–Trinajstić information content (AvgIpc) is 2.30. The lowest BCUT2D eigenvalue weighted by atomic mass is 10.1. The molecule has 0 aliphatic carbocycles. The van der Waals surface area contributed by atoms with Gasteiger partial charge in [0.2, 0.25) is 5.91 Å². The fourth-order valence-electron chi connectivity index (χ4n) is 1.50. The smallest absolute Gasteiger partial charge is 0.237 e. The molecule has 1 rings (SSSR count). The zero-order valence-electron chi connectivity index (χ0n) is 9.81. The second-order valence-corrected chi connectivity index (χ2v) is 3.91. The van der Waals surface area contributed by atoms with Gasteiger partial charge >= 0.3 is 0 Å². The summed E-state index contributed by atoms with van der Waals surface area (Å²) < 4.78 is 0. The maximum absolute atomic E-state index is 11.7. The third-order valence-electron chi connectivity index (χ3n) is 2.50. The molecule has 0 aliphatic rings. The Balaban J connectivity index is 2.51. The molecular formula is C12H19N3O. The zero-order chi connectivity index (χ0) is 12.0. The number of nitrogens with one attached hydrogen (secondary N) is 1. The van der Waals surface area contributed by atoms with Crippen molar-refractivity contribution in [2.75, 3.05) is 0 Å². The van der Waals surface area contributed by atoms with E-state index < -0.39 is 6.04 Å². The fourth-order valence-corrected chi connectivity index (χ4v) is 1.50. The molecule has 0 saturated heterocycles. The molecule has 88 valence electrons. The van der Waals surface area contributed by atoms with Crippen molar-refractivity contribution in [1.82, 2.24) is 10.3 Å². The Labute approximate surface area is 96.3 Å². The molecule has 3 N–H and O–H groups in total. The van der Waals surface area contributed by atoms with Crippen LogP contribution in [-0.4, -0.2) is 16.9 Å². The number of amides is 1. The van der Waals surface area contributed by atoms with Crippen LogP contribution < -0.4 is 11.1 Å². The van der Waals surface area contributed by atoms with Crippen LogP contribution in [0.1, 0.15) is 38.3 Å². The van der Waals surface area contributed by atoms with Crippen LogP contribution in [0.4, 0.5) is 0 Å². The van der Waals surface area contributed by atoms with Gasteiger partial charge in [-0.15, -0.1) is 0 Å². The molecule has 2 atom stereocenters. The maximum Gasteiger partial charge on any atom is 0.237 e. The molecule has 1 amide bonds. The largest absolute Gasteiger partial charge is 0.348 e. The van der Waals surface area contributed by atoms with Crippen molar-refractivity contribution in [2.24, 2.45) is 5.73 Å². The van der Waals surface area contributed by atoms with Crippen molar-refractivity contribution in [3.63, 3.8) is 0 Å².